The van der Waals surface area contributed by atoms with E-state index in [0.717, 1.165) is 36.8 Å². The highest BCUT2D eigenvalue weighted by atomic mass is 32.1. The lowest BCUT2D eigenvalue weighted by Crippen LogP contribution is -2.37. The number of hydrogen-bond donors (Lipinski definition) is 1. The third-order valence-corrected chi connectivity index (χ3v) is 5.62. The van der Waals surface area contributed by atoms with Gasteiger partial charge in [0.25, 0.3) is 5.56 Å². The van der Waals surface area contributed by atoms with Gasteiger partial charge < -0.3 is 5.32 Å². The summed E-state index contributed by atoms with van der Waals surface area (Å²) in [5.41, 5.74) is 2.55. The fourth-order valence-corrected chi connectivity index (χ4v) is 4.35. The number of thiophene rings is 1. The zero-order valence-corrected chi connectivity index (χ0v) is 14.6. The monoisotopic (exact) mass is 353 g/mol. The number of fused-ring (bicyclic) bond motifs is 1. The molecule has 25 heavy (non-hydrogen) atoms. The molecular formula is C19H19N3O2S. The summed E-state index contributed by atoms with van der Waals surface area (Å²) in [6.45, 7) is 0.0246. The first-order valence-electron chi connectivity index (χ1n) is 8.54. The van der Waals surface area contributed by atoms with Crippen molar-refractivity contribution in [2.75, 3.05) is 0 Å². The zero-order valence-electron chi connectivity index (χ0n) is 13.8. The van der Waals surface area contributed by atoms with Gasteiger partial charge in [-0.05, 0) is 18.4 Å². The molecule has 3 aromatic rings. The standard InChI is InChI=1S/C19H19N3O2S/c23-16(21-14-8-4-5-9-14)10-22-12-20-17-15(11-25-18(17)19(22)24)13-6-2-1-3-7-13/h1-3,6-7,11-12,14H,4-5,8-10H2,(H,21,23). The molecule has 1 fully saturated rings. The molecule has 2 aromatic heterocycles. The summed E-state index contributed by atoms with van der Waals surface area (Å²) in [6.07, 6.45) is 5.87. The molecule has 0 unspecified atom stereocenters. The topological polar surface area (TPSA) is 64.0 Å². The molecule has 0 spiro atoms. The smallest absolute Gasteiger partial charge is 0.271 e. The summed E-state index contributed by atoms with van der Waals surface area (Å²) in [7, 11) is 0. The molecule has 2 heterocycles. The van der Waals surface area contributed by atoms with Gasteiger partial charge in [0.2, 0.25) is 5.91 Å². The van der Waals surface area contributed by atoms with Gasteiger partial charge in [-0.2, -0.15) is 0 Å². The van der Waals surface area contributed by atoms with Crippen LogP contribution in [-0.2, 0) is 11.3 Å². The van der Waals surface area contributed by atoms with Crippen LogP contribution in [0, 0.1) is 0 Å². The minimum Gasteiger partial charge on any atom is -0.352 e. The number of carbonyl (C=O) groups excluding carboxylic acids is 1. The summed E-state index contributed by atoms with van der Waals surface area (Å²) in [6, 6.07) is 10.2. The van der Waals surface area contributed by atoms with E-state index in [0.29, 0.717) is 10.2 Å². The number of rotatable bonds is 4. The molecule has 1 aromatic carbocycles. The molecule has 5 nitrogen and oxygen atoms in total. The highest BCUT2D eigenvalue weighted by molar-refractivity contribution is 7.17. The Morgan fingerprint density at radius 2 is 2.00 bits per heavy atom. The molecule has 6 heteroatoms. The van der Waals surface area contributed by atoms with E-state index in [1.54, 1.807) is 0 Å². The van der Waals surface area contributed by atoms with Gasteiger partial charge in [0.1, 0.15) is 11.2 Å². The molecule has 0 aliphatic heterocycles. The molecule has 1 aliphatic carbocycles. The first-order valence-corrected chi connectivity index (χ1v) is 9.42. The van der Waals surface area contributed by atoms with Crippen LogP contribution in [0.5, 0.6) is 0 Å². The maximum atomic E-state index is 12.7. The number of amides is 1. The Labute approximate surface area is 149 Å². The largest absolute Gasteiger partial charge is 0.352 e. The van der Waals surface area contributed by atoms with Gasteiger partial charge in [-0.1, -0.05) is 43.2 Å². The number of benzene rings is 1. The average Bonchev–Trinajstić information content (AvgIpc) is 3.28. The van der Waals surface area contributed by atoms with Crippen LogP contribution >= 0.6 is 11.3 Å². The number of nitrogens with one attached hydrogen (secondary N) is 1. The van der Waals surface area contributed by atoms with Crippen molar-refractivity contribution in [3.05, 3.63) is 52.4 Å². The highest BCUT2D eigenvalue weighted by Crippen LogP contribution is 2.30. The van der Waals surface area contributed by atoms with Crippen molar-refractivity contribution in [1.29, 1.82) is 0 Å². The molecular weight excluding hydrogens is 334 g/mol. The number of aromatic nitrogens is 2. The Morgan fingerprint density at radius 3 is 2.76 bits per heavy atom. The van der Waals surface area contributed by atoms with Crippen LogP contribution < -0.4 is 10.9 Å². The van der Waals surface area contributed by atoms with Crippen molar-refractivity contribution < 1.29 is 4.79 Å². The van der Waals surface area contributed by atoms with Gasteiger partial charge in [-0.25, -0.2) is 4.98 Å². The number of carbonyl (C=O) groups is 1. The molecule has 0 saturated heterocycles. The second kappa shape index (κ2) is 6.80. The van der Waals surface area contributed by atoms with Crippen LogP contribution in [0.25, 0.3) is 21.3 Å². The molecule has 4 rings (SSSR count). The maximum absolute atomic E-state index is 12.7. The van der Waals surface area contributed by atoms with Gasteiger partial charge in [0, 0.05) is 17.0 Å². The molecule has 0 atom stereocenters. The summed E-state index contributed by atoms with van der Waals surface area (Å²) in [5, 5.41) is 4.97. The summed E-state index contributed by atoms with van der Waals surface area (Å²) < 4.78 is 1.99. The van der Waals surface area contributed by atoms with Gasteiger partial charge in [-0.3, -0.25) is 14.2 Å². The summed E-state index contributed by atoms with van der Waals surface area (Å²) in [4.78, 5) is 29.3. The van der Waals surface area contributed by atoms with E-state index in [-0.39, 0.29) is 24.1 Å². The molecule has 1 N–H and O–H groups in total. The fourth-order valence-electron chi connectivity index (χ4n) is 3.38. The Kier molecular flexibility index (Phi) is 4.36. The Bertz CT molecular complexity index is 956. The highest BCUT2D eigenvalue weighted by Gasteiger charge is 2.18. The van der Waals surface area contributed by atoms with Gasteiger partial charge in [0.05, 0.1) is 11.8 Å². The van der Waals surface area contributed by atoms with Crippen molar-refractivity contribution in [1.82, 2.24) is 14.9 Å². The van der Waals surface area contributed by atoms with E-state index in [1.807, 2.05) is 35.7 Å². The van der Waals surface area contributed by atoms with E-state index >= 15 is 0 Å². The molecule has 0 bridgehead atoms. The zero-order chi connectivity index (χ0) is 17.2. The van der Waals surface area contributed by atoms with Crippen LogP contribution in [-0.4, -0.2) is 21.5 Å². The van der Waals surface area contributed by atoms with Crippen molar-refractivity contribution >= 4 is 27.5 Å². The van der Waals surface area contributed by atoms with Gasteiger partial charge >= 0.3 is 0 Å². The SMILES string of the molecule is O=C(Cn1cnc2c(-c3ccccc3)csc2c1=O)NC1CCCC1. The number of hydrogen-bond acceptors (Lipinski definition) is 4. The maximum Gasteiger partial charge on any atom is 0.271 e. The average molecular weight is 353 g/mol. The molecule has 1 aliphatic rings. The summed E-state index contributed by atoms with van der Waals surface area (Å²) in [5.74, 6) is -0.116. The lowest BCUT2D eigenvalue weighted by atomic mass is 10.1. The quantitative estimate of drug-likeness (QED) is 0.783. The van der Waals surface area contributed by atoms with E-state index in [9.17, 15) is 9.59 Å². The van der Waals surface area contributed by atoms with Crippen LogP contribution in [0.15, 0.2) is 46.8 Å². The van der Waals surface area contributed by atoms with Gasteiger partial charge in [-0.15, -0.1) is 11.3 Å². The third kappa shape index (κ3) is 3.22. The third-order valence-electron chi connectivity index (χ3n) is 4.67. The molecule has 1 saturated carbocycles. The van der Waals surface area contributed by atoms with Gasteiger partial charge in [0.15, 0.2) is 0 Å². The van der Waals surface area contributed by atoms with Crippen molar-refractivity contribution in [2.45, 2.75) is 38.3 Å². The van der Waals surface area contributed by atoms with E-state index < -0.39 is 0 Å². The Balaban J connectivity index is 1.60. The molecule has 0 radical (unpaired) electrons. The van der Waals surface area contributed by atoms with E-state index in [2.05, 4.69) is 10.3 Å². The second-order valence-electron chi connectivity index (χ2n) is 6.42. The van der Waals surface area contributed by atoms with E-state index in [1.165, 1.54) is 22.2 Å². The lowest BCUT2D eigenvalue weighted by molar-refractivity contribution is -0.122. The van der Waals surface area contributed by atoms with Crippen LogP contribution in [0.4, 0.5) is 0 Å². The second-order valence-corrected chi connectivity index (χ2v) is 7.30. The Morgan fingerprint density at radius 1 is 1.24 bits per heavy atom. The summed E-state index contributed by atoms with van der Waals surface area (Å²) >= 11 is 1.38. The Hall–Kier alpha value is -2.47. The van der Waals surface area contributed by atoms with Crippen molar-refractivity contribution in [3.8, 4) is 11.1 Å². The van der Waals surface area contributed by atoms with Crippen LogP contribution in [0.3, 0.4) is 0 Å². The van der Waals surface area contributed by atoms with Crippen molar-refractivity contribution in [3.63, 3.8) is 0 Å². The minimum atomic E-state index is -0.154. The minimum absolute atomic E-state index is 0.0246. The van der Waals surface area contributed by atoms with Crippen LogP contribution in [0.1, 0.15) is 25.7 Å². The van der Waals surface area contributed by atoms with Crippen LogP contribution in [0.2, 0.25) is 0 Å². The predicted molar refractivity (Wildman–Crippen MR) is 99.7 cm³/mol. The first-order chi connectivity index (χ1) is 12.2. The number of nitrogens with zero attached hydrogens (tertiary/aromatic N) is 2. The lowest BCUT2D eigenvalue weighted by Gasteiger charge is -2.12. The first kappa shape index (κ1) is 16.0. The van der Waals surface area contributed by atoms with Crippen molar-refractivity contribution in [2.24, 2.45) is 0 Å². The molecule has 128 valence electrons. The molecule has 1 amide bonds. The fraction of sp³-hybridized carbons (Fsp3) is 0.316. The predicted octanol–water partition coefficient (Wildman–Crippen LogP) is 3.18. The normalized spacial score (nSPS) is 14.9. The van der Waals surface area contributed by atoms with E-state index in [4.69, 9.17) is 0 Å².